The molecular formula is C20H22N2O3. The van der Waals surface area contributed by atoms with Gasteiger partial charge in [-0.15, -0.1) is 0 Å². The summed E-state index contributed by atoms with van der Waals surface area (Å²) in [6.07, 6.45) is 1.55. The molecule has 1 N–H and O–H groups in total. The monoisotopic (exact) mass is 338 g/mol. The van der Waals surface area contributed by atoms with Crippen LogP contribution in [0.15, 0.2) is 48.5 Å². The molecule has 5 nitrogen and oxygen atoms in total. The van der Waals surface area contributed by atoms with Gasteiger partial charge in [0.15, 0.2) is 6.61 Å². The average molecular weight is 338 g/mol. The molecule has 2 amide bonds. The zero-order valence-corrected chi connectivity index (χ0v) is 14.3. The Morgan fingerprint density at radius 3 is 2.72 bits per heavy atom. The maximum Gasteiger partial charge on any atom is 0.262 e. The van der Waals surface area contributed by atoms with Gasteiger partial charge in [-0.05, 0) is 43.2 Å². The Balaban J connectivity index is 1.53. The van der Waals surface area contributed by atoms with Gasteiger partial charge in [-0.1, -0.05) is 29.8 Å². The van der Waals surface area contributed by atoms with E-state index in [0.717, 1.165) is 24.1 Å². The minimum absolute atomic E-state index is 0.0438. The van der Waals surface area contributed by atoms with E-state index in [-0.39, 0.29) is 18.4 Å². The topological polar surface area (TPSA) is 58.6 Å². The molecule has 2 aromatic carbocycles. The van der Waals surface area contributed by atoms with Gasteiger partial charge in [0.25, 0.3) is 5.91 Å². The van der Waals surface area contributed by atoms with Crippen molar-refractivity contribution >= 4 is 17.5 Å². The van der Waals surface area contributed by atoms with Crippen molar-refractivity contribution in [2.45, 2.75) is 26.3 Å². The van der Waals surface area contributed by atoms with Crippen molar-refractivity contribution in [2.24, 2.45) is 0 Å². The van der Waals surface area contributed by atoms with Crippen molar-refractivity contribution in [1.82, 2.24) is 4.90 Å². The fourth-order valence-corrected chi connectivity index (χ4v) is 2.82. The largest absolute Gasteiger partial charge is 0.484 e. The number of hydrogen-bond acceptors (Lipinski definition) is 3. The maximum atomic E-state index is 12.1. The first-order valence-corrected chi connectivity index (χ1v) is 8.46. The molecule has 0 unspecified atom stereocenters. The number of amides is 2. The average Bonchev–Trinajstić information content (AvgIpc) is 2.99. The highest BCUT2D eigenvalue weighted by Crippen LogP contribution is 2.17. The molecule has 5 heteroatoms. The fourth-order valence-electron chi connectivity index (χ4n) is 2.82. The number of rotatable bonds is 6. The highest BCUT2D eigenvalue weighted by Gasteiger charge is 2.20. The zero-order chi connectivity index (χ0) is 17.6. The van der Waals surface area contributed by atoms with E-state index in [1.165, 1.54) is 0 Å². The number of aryl methyl sites for hydroxylation is 1. The Kier molecular flexibility index (Phi) is 5.33. The summed E-state index contributed by atoms with van der Waals surface area (Å²) in [6, 6.07) is 15.1. The van der Waals surface area contributed by atoms with Gasteiger partial charge < -0.3 is 15.0 Å². The van der Waals surface area contributed by atoms with Crippen molar-refractivity contribution in [2.75, 3.05) is 18.5 Å². The standard InChI is InChI=1S/C20H22N2O3/c1-15-7-9-18(10-8-15)25-14-19(23)21-17-5-2-4-16(12-17)13-22-11-3-6-20(22)24/h2,4-5,7-10,12H,3,6,11,13-14H2,1H3,(H,21,23). The summed E-state index contributed by atoms with van der Waals surface area (Å²) in [4.78, 5) is 25.6. The highest BCUT2D eigenvalue weighted by molar-refractivity contribution is 5.92. The molecule has 0 bridgehead atoms. The quantitative estimate of drug-likeness (QED) is 0.880. The molecule has 1 fully saturated rings. The van der Waals surface area contributed by atoms with Gasteiger partial charge >= 0.3 is 0 Å². The van der Waals surface area contributed by atoms with E-state index < -0.39 is 0 Å². The van der Waals surface area contributed by atoms with E-state index in [0.29, 0.717) is 24.4 Å². The third-order valence-electron chi connectivity index (χ3n) is 4.15. The lowest BCUT2D eigenvalue weighted by atomic mass is 10.2. The number of nitrogens with one attached hydrogen (secondary N) is 1. The summed E-state index contributed by atoms with van der Waals surface area (Å²) >= 11 is 0. The second-order valence-electron chi connectivity index (χ2n) is 6.27. The molecular weight excluding hydrogens is 316 g/mol. The number of ether oxygens (including phenoxy) is 1. The summed E-state index contributed by atoms with van der Waals surface area (Å²) < 4.78 is 5.48. The van der Waals surface area contributed by atoms with Crippen molar-refractivity contribution in [1.29, 1.82) is 0 Å². The van der Waals surface area contributed by atoms with Crippen LogP contribution in [0, 0.1) is 6.92 Å². The predicted octanol–water partition coefficient (Wildman–Crippen LogP) is 3.13. The number of hydrogen-bond donors (Lipinski definition) is 1. The molecule has 0 saturated carbocycles. The summed E-state index contributed by atoms with van der Waals surface area (Å²) in [7, 11) is 0. The number of nitrogens with zero attached hydrogens (tertiary/aromatic N) is 1. The zero-order valence-electron chi connectivity index (χ0n) is 14.3. The predicted molar refractivity (Wildman–Crippen MR) is 96.4 cm³/mol. The normalized spacial score (nSPS) is 13.8. The van der Waals surface area contributed by atoms with Crippen LogP contribution in [0.4, 0.5) is 5.69 Å². The number of carbonyl (C=O) groups excluding carboxylic acids is 2. The summed E-state index contributed by atoms with van der Waals surface area (Å²) in [6.45, 7) is 3.35. The smallest absolute Gasteiger partial charge is 0.262 e. The van der Waals surface area contributed by atoms with E-state index >= 15 is 0 Å². The Bertz CT molecular complexity index is 756. The SMILES string of the molecule is Cc1ccc(OCC(=O)Nc2cccc(CN3CCCC3=O)c2)cc1. The molecule has 1 heterocycles. The van der Waals surface area contributed by atoms with Crippen molar-refractivity contribution < 1.29 is 14.3 Å². The second-order valence-corrected chi connectivity index (χ2v) is 6.27. The van der Waals surface area contributed by atoms with Gasteiger partial charge in [-0.3, -0.25) is 9.59 Å². The Morgan fingerprint density at radius 1 is 1.20 bits per heavy atom. The summed E-state index contributed by atoms with van der Waals surface area (Å²) in [5, 5.41) is 2.83. The van der Waals surface area contributed by atoms with Crippen LogP contribution in [0.1, 0.15) is 24.0 Å². The van der Waals surface area contributed by atoms with Gasteiger partial charge in [-0.2, -0.15) is 0 Å². The fraction of sp³-hybridized carbons (Fsp3) is 0.300. The van der Waals surface area contributed by atoms with Gasteiger partial charge in [0.05, 0.1) is 0 Å². The number of likely N-dealkylation sites (tertiary alicyclic amines) is 1. The first kappa shape index (κ1) is 17.0. The molecule has 0 aliphatic carbocycles. The van der Waals surface area contributed by atoms with Gasteiger partial charge in [0.1, 0.15) is 5.75 Å². The van der Waals surface area contributed by atoms with Gasteiger partial charge in [0.2, 0.25) is 5.91 Å². The lowest BCUT2D eigenvalue weighted by Crippen LogP contribution is -2.24. The van der Waals surface area contributed by atoms with Crippen LogP contribution in [0.2, 0.25) is 0 Å². The molecule has 25 heavy (non-hydrogen) atoms. The van der Waals surface area contributed by atoms with Crippen LogP contribution < -0.4 is 10.1 Å². The van der Waals surface area contributed by atoms with E-state index in [4.69, 9.17) is 4.74 Å². The Labute approximate surface area is 147 Å². The van der Waals surface area contributed by atoms with Crippen molar-refractivity contribution in [3.8, 4) is 5.75 Å². The minimum Gasteiger partial charge on any atom is -0.484 e. The van der Waals surface area contributed by atoms with Gasteiger partial charge in [-0.25, -0.2) is 0 Å². The molecule has 0 aromatic heterocycles. The Morgan fingerprint density at radius 2 is 2.00 bits per heavy atom. The third-order valence-corrected chi connectivity index (χ3v) is 4.15. The van der Waals surface area contributed by atoms with Crippen LogP contribution in [-0.2, 0) is 16.1 Å². The summed E-state index contributed by atoms with van der Waals surface area (Å²) in [5.74, 6) is 0.651. The summed E-state index contributed by atoms with van der Waals surface area (Å²) in [5.41, 5.74) is 2.86. The lowest BCUT2D eigenvalue weighted by molar-refractivity contribution is -0.128. The Hall–Kier alpha value is -2.82. The first-order chi connectivity index (χ1) is 12.1. The molecule has 1 aliphatic heterocycles. The molecule has 2 aromatic rings. The van der Waals surface area contributed by atoms with E-state index in [9.17, 15) is 9.59 Å². The second kappa shape index (κ2) is 7.83. The minimum atomic E-state index is -0.213. The third kappa shape index (κ3) is 4.83. The van der Waals surface area contributed by atoms with Gasteiger partial charge in [0, 0.05) is 25.2 Å². The molecule has 1 aliphatic rings. The molecule has 0 radical (unpaired) electrons. The first-order valence-electron chi connectivity index (χ1n) is 8.46. The van der Waals surface area contributed by atoms with E-state index in [1.807, 2.05) is 60.4 Å². The highest BCUT2D eigenvalue weighted by atomic mass is 16.5. The van der Waals surface area contributed by atoms with Crippen LogP contribution >= 0.6 is 0 Å². The molecule has 130 valence electrons. The lowest BCUT2D eigenvalue weighted by Gasteiger charge is -2.16. The molecule has 0 spiro atoms. The number of carbonyl (C=O) groups is 2. The number of benzene rings is 2. The molecule has 3 rings (SSSR count). The van der Waals surface area contributed by atoms with Crippen LogP contribution in [-0.4, -0.2) is 29.9 Å². The van der Waals surface area contributed by atoms with Crippen molar-refractivity contribution in [3.63, 3.8) is 0 Å². The van der Waals surface area contributed by atoms with E-state index in [2.05, 4.69) is 5.32 Å². The van der Waals surface area contributed by atoms with Crippen LogP contribution in [0.25, 0.3) is 0 Å². The number of anilines is 1. The van der Waals surface area contributed by atoms with E-state index in [1.54, 1.807) is 0 Å². The van der Waals surface area contributed by atoms with Crippen LogP contribution in [0.5, 0.6) is 5.75 Å². The molecule has 1 saturated heterocycles. The molecule has 0 atom stereocenters. The van der Waals surface area contributed by atoms with Crippen molar-refractivity contribution in [3.05, 3.63) is 59.7 Å². The van der Waals surface area contributed by atoms with Crippen LogP contribution in [0.3, 0.4) is 0 Å². The maximum absolute atomic E-state index is 12.1.